The molecule has 2 aromatic heterocycles. The number of para-hydroxylation sites is 1. The Morgan fingerprint density at radius 2 is 2.21 bits per heavy atom. The van der Waals surface area contributed by atoms with Gasteiger partial charge in [-0.05, 0) is 18.6 Å². The average molecular weight is 337 g/mol. The summed E-state index contributed by atoms with van der Waals surface area (Å²) in [5.74, 6) is -0.179. The van der Waals surface area contributed by atoms with Crippen molar-refractivity contribution in [1.29, 1.82) is 5.26 Å². The van der Waals surface area contributed by atoms with Crippen molar-refractivity contribution in [2.75, 3.05) is 0 Å². The summed E-state index contributed by atoms with van der Waals surface area (Å²) in [6, 6.07) is 11.0. The highest BCUT2D eigenvalue weighted by molar-refractivity contribution is 7.07. The minimum Gasteiger partial charge on any atom is -0.337 e. The molecule has 120 valence electrons. The number of nitrogens with one attached hydrogen (secondary N) is 1. The van der Waals surface area contributed by atoms with Crippen LogP contribution in [0.2, 0.25) is 0 Å². The number of rotatable bonds is 6. The number of carbonyl (C=O) groups excluding carboxylic acids is 1. The molecule has 0 saturated carbocycles. The molecule has 0 bridgehead atoms. The van der Waals surface area contributed by atoms with Gasteiger partial charge < -0.3 is 5.32 Å². The van der Waals surface area contributed by atoms with Gasteiger partial charge in [-0.3, -0.25) is 4.79 Å². The molecule has 1 unspecified atom stereocenters. The van der Waals surface area contributed by atoms with E-state index in [1.807, 2.05) is 35.7 Å². The monoisotopic (exact) mass is 337 g/mol. The highest BCUT2D eigenvalue weighted by Crippen LogP contribution is 2.15. The fraction of sp³-hybridized carbons (Fsp3) is 0.176. The summed E-state index contributed by atoms with van der Waals surface area (Å²) in [6.07, 6.45) is 4.22. The van der Waals surface area contributed by atoms with Crippen LogP contribution in [-0.2, 0) is 11.2 Å². The summed E-state index contributed by atoms with van der Waals surface area (Å²) in [4.78, 5) is 16.2. The van der Waals surface area contributed by atoms with Crippen LogP contribution in [0.25, 0.3) is 5.69 Å². The lowest BCUT2D eigenvalue weighted by Gasteiger charge is -2.09. The third kappa shape index (κ3) is 3.86. The van der Waals surface area contributed by atoms with Crippen molar-refractivity contribution in [2.24, 2.45) is 0 Å². The van der Waals surface area contributed by atoms with Crippen LogP contribution in [0.4, 0.5) is 0 Å². The second-order valence-corrected chi connectivity index (χ2v) is 5.88. The van der Waals surface area contributed by atoms with Crippen LogP contribution in [-0.4, -0.2) is 20.7 Å². The molecule has 7 heteroatoms. The van der Waals surface area contributed by atoms with Crippen LogP contribution in [0.1, 0.15) is 23.7 Å². The van der Waals surface area contributed by atoms with E-state index >= 15 is 0 Å². The normalized spacial score (nSPS) is 11.6. The first kappa shape index (κ1) is 15.9. The molecular weight excluding hydrogens is 322 g/mol. The summed E-state index contributed by atoms with van der Waals surface area (Å²) in [5.41, 5.74) is 4.18. The second-order valence-electron chi connectivity index (χ2n) is 5.16. The Labute approximate surface area is 143 Å². The van der Waals surface area contributed by atoms with Crippen molar-refractivity contribution in [3.05, 3.63) is 64.9 Å². The molecule has 0 aliphatic carbocycles. The maximum atomic E-state index is 12.0. The highest BCUT2D eigenvalue weighted by Gasteiger charge is 2.16. The third-order valence-corrected chi connectivity index (χ3v) is 4.12. The van der Waals surface area contributed by atoms with Crippen molar-refractivity contribution in [3.63, 3.8) is 0 Å². The van der Waals surface area contributed by atoms with Crippen molar-refractivity contribution in [1.82, 2.24) is 20.1 Å². The lowest BCUT2D eigenvalue weighted by Crippen LogP contribution is -2.27. The molecule has 0 aliphatic rings. The third-order valence-electron chi connectivity index (χ3n) is 3.48. The molecule has 2 heterocycles. The summed E-state index contributed by atoms with van der Waals surface area (Å²) < 4.78 is 1.68. The second kappa shape index (κ2) is 7.53. The lowest BCUT2D eigenvalue weighted by molar-refractivity contribution is -0.121. The topological polar surface area (TPSA) is 83.6 Å². The smallest absolute Gasteiger partial charge is 0.221 e. The van der Waals surface area contributed by atoms with Crippen molar-refractivity contribution in [2.45, 2.75) is 18.9 Å². The van der Waals surface area contributed by atoms with Gasteiger partial charge in [0.05, 0.1) is 29.2 Å². The van der Waals surface area contributed by atoms with Crippen LogP contribution < -0.4 is 5.32 Å². The number of nitrogens with zero attached hydrogens (tertiary/aromatic N) is 4. The van der Waals surface area contributed by atoms with Gasteiger partial charge in [-0.2, -0.15) is 10.4 Å². The molecule has 0 fully saturated rings. The van der Waals surface area contributed by atoms with E-state index in [4.69, 9.17) is 0 Å². The number of nitriles is 1. The molecule has 0 aliphatic heterocycles. The molecule has 3 rings (SSSR count). The first-order chi connectivity index (χ1) is 11.8. The molecule has 0 radical (unpaired) electrons. The van der Waals surface area contributed by atoms with Crippen molar-refractivity contribution >= 4 is 17.2 Å². The van der Waals surface area contributed by atoms with Crippen LogP contribution in [0, 0.1) is 11.3 Å². The summed E-state index contributed by atoms with van der Waals surface area (Å²) in [7, 11) is 0. The number of hydrogen-bond acceptors (Lipinski definition) is 5. The van der Waals surface area contributed by atoms with E-state index in [0.29, 0.717) is 18.4 Å². The number of benzene rings is 1. The molecule has 1 atom stereocenters. The summed E-state index contributed by atoms with van der Waals surface area (Å²) >= 11 is 1.50. The maximum absolute atomic E-state index is 12.0. The van der Waals surface area contributed by atoms with E-state index < -0.39 is 6.04 Å². The average Bonchev–Trinajstić information content (AvgIpc) is 3.30. The fourth-order valence-corrected chi connectivity index (χ4v) is 2.83. The molecule has 3 aromatic rings. The lowest BCUT2D eigenvalue weighted by atomic mass is 10.1. The first-order valence-corrected chi connectivity index (χ1v) is 8.36. The Bertz CT molecular complexity index is 836. The Kier molecular flexibility index (Phi) is 4.99. The predicted octanol–water partition coefficient (Wildman–Crippen LogP) is 2.64. The Balaban J connectivity index is 1.63. The van der Waals surface area contributed by atoms with Gasteiger partial charge in [-0.15, -0.1) is 11.3 Å². The zero-order valence-electron chi connectivity index (χ0n) is 12.8. The minimum atomic E-state index is -0.717. The van der Waals surface area contributed by atoms with E-state index in [9.17, 15) is 10.1 Å². The Hall–Kier alpha value is -2.98. The quantitative estimate of drug-likeness (QED) is 0.749. The van der Waals surface area contributed by atoms with Gasteiger partial charge in [0.2, 0.25) is 5.91 Å². The Morgan fingerprint density at radius 1 is 1.38 bits per heavy atom. The van der Waals surface area contributed by atoms with Crippen LogP contribution in [0.15, 0.2) is 53.6 Å². The molecule has 0 saturated heterocycles. The van der Waals surface area contributed by atoms with Gasteiger partial charge in [0.25, 0.3) is 0 Å². The number of thiazole rings is 1. The number of amides is 1. The van der Waals surface area contributed by atoms with E-state index in [2.05, 4.69) is 21.5 Å². The molecule has 1 aromatic carbocycles. The van der Waals surface area contributed by atoms with Gasteiger partial charge in [0.15, 0.2) is 0 Å². The van der Waals surface area contributed by atoms with E-state index in [-0.39, 0.29) is 5.91 Å². The van der Waals surface area contributed by atoms with E-state index in [0.717, 1.165) is 11.4 Å². The minimum absolute atomic E-state index is 0.179. The number of aromatic nitrogens is 3. The van der Waals surface area contributed by atoms with Crippen LogP contribution in [0.3, 0.4) is 0 Å². The van der Waals surface area contributed by atoms with Crippen LogP contribution in [0.5, 0.6) is 0 Å². The van der Waals surface area contributed by atoms with E-state index in [1.165, 1.54) is 11.3 Å². The molecule has 24 heavy (non-hydrogen) atoms. The van der Waals surface area contributed by atoms with Gasteiger partial charge in [-0.1, -0.05) is 18.2 Å². The van der Waals surface area contributed by atoms with Gasteiger partial charge in [-0.25, -0.2) is 9.67 Å². The zero-order valence-corrected chi connectivity index (χ0v) is 13.6. The number of aryl methyl sites for hydroxylation is 1. The molecule has 1 N–H and O–H groups in total. The standard InChI is InChI=1S/C17H15N5OS/c18-8-16(21-17(23)7-6-14-11-24-12-19-14)13-9-20-22(10-13)15-4-2-1-3-5-15/h1-5,9-12,16H,6-7H2,(H,21,23). The van der Waals surface area contributed by atoms with Gasteiger partial charge in [0, 0.05) is 23.6 Å². The van der Waals surface area contributed by atoms with Gasteiger partial charge in [0.1, 0.15) is 6.04 Å². The molecule has 1 amide bonds. The SMILES string of the molecule is N#CC(NC(=O)CCc1cscn1)c1cnn(-c2ccccc2)c1. The summed E-state index contributed by atoms with van der Waals surface area (Å²) in [6.45, 7) is 0. The predicted molar refractivity (Wildman–Crippen MR) is 90.5 cm³/mol. The largest absolute Gasteiger partial charge is 0.337 e. The fourth-order valence-electron chi connectivity index (χ4n) is 2.23. The van der Waals surface area contributed by atoms with Crippen molar-refractivity contribution in [3.8, 4) is 11.8 Å². The zero-order chi connectivity index (χ0) is 16.8. The molecule has 0 spiro atoms. The van der Waals surface area contributed by atoms with Gasteiger partial charge >= 0.3 is 0 Å². The first-order valence-electron chi connectivity index (χ1n) is 7.42. The Morgan fingerprint density at radius 3 is 2.92 bits per heavy atom. The highest BCUT2D eigenvalue weighted by atomic mass is 32.1. The molecule has 6 nitrogen and oxygen atoms in total. The summed E-state index contributed by atoms with van der Waals surface area (Å²) in [5, 5.41) is 18.3. The van der Waals surface area contributed by atoms with E-state index in [1.54, 1.807) is 22.6 Å². The maximum Gasteiger partial charge on any atom is 0.221 e. The van der Waals surface area contributed by atoms with Crippen molar-refractivity contribution < 1.29 is 4.79 Å². The number of carbonyl (C=O) groups is 1. The van der Waals surface area contributed by atoms with Crippen LogP contribution >= 0.6 is 11.3 Å². The number of hydrogen-bond donors (Lipinski definition) is 1. The molecular formula is C17H15N5OS.